The van der Waals surface area contributed by atoms with Gasteiger partial charge in [0.1, 0.15) is 0 Å². The number of nitrogens with zero attached hydrogens (tertiary/aromatic N) is 2. The summed E-state index contributed by atoms with van der Waals surface area (Å²) in [6.07, 6.45) is 2.09. The SMILES string of the molecule is CS(=O)(=O)N(CCCC(=O)Nc1ccc(CC#N)cc1)c1ccccc1. The van der Waals surface area contributed by atoms with Crippen LogP contribution in [0.5, 0.6) is 0 Å². The van der Waals surface area contributed by atoms with Crippen LogP contribution in [0.1, 0.15) is 18.4 Å². The van der Waals surface area contributed by atoms with Crippen LogP contribution in [0, 0.1) is 11.3 Å². The molecule has 2 aromatic carbocycles. The third kappa shape index (κ3) is 5.90. The molecule has 0 spiro atoms. The molecule has 0 aliphatic heterocycles. The highest BCUT2D eigenvalue weighted by Crippen LogP contribution is 2.17. The van der Waals surface area contributed by atoms with E-state index >= 15 is 0 Å². The van der Waals surface area contributed by atoms with Crippen molar-refractivity contribution in [1.82, 2.24) is 0 Å². The Bertz CT molecular complexity index is 872. The molecule has 0 aromatic heterocycles. The van der Waals surface area contributed by atoms with E-state index in [1.165, 1.54) is 4.31 Å². The molecule has 2 aromatic rings. The standard InChI is InChI=1S/C19H21N3O3S/c1-26(24,25)22(18-6-3-2-4-7-18)15-5-8-19(23)21-17-11-9-16(10-12-17)13-14-20/h2-4,6-7,9-12H,5,8,13,15H2,1H3,(H,21,23). The van der Waals surface area contributed by atoms with Crippen molar-refractivity contribution in [2.75, 3.05) is 22.4 Å². The molecule has 26 heavy (non-hydrogen) atoms. The van der Waals surface area contributed by atoms with Crippen LogP contribution in [0.2, 0.25) is 0 Å². The summed E-state index contributed by atoms with van der Waals surface area (Å²) in [5.41, 5.74) is 2.13. The second kappa shape index (κ2) is 9.02. The summed E-state index contributed by atoms with van der Waals surface area (Å²) in [5.74, 6) is -0.181. The van der Waals surface area contributed by atoms with E-state index in [0.29, 0.717) is 24.2 Å². The summed E-state index contributed by atoms with van der Waals surface area (Å²) in [5, 5.41) is 11.4. The molecule has 0 saturated heterocycles. The van der Waals surface area contributed by atoms with E-state index in [4.69, 9.17) is 5.26 Å². The van der Waals surface area contributed by atoms with E-state index < -0.39 is 10.0 Å². The smallest absolute Gasteiger partial charge is 0.232 e. The lowest BCUT2D eigenvalue weighted by molar-refractivity contribution is -0.116. The number of carbonyl (C=O) groups is 1. The van der Waals surface area contributed by atoms with Crippen molar-refractivity contribution in [2.45, 2.75) is 19.3 Å². The second-order valence-electron chi connectivity index (χ2n) is 5.85. The maximum atomic E-state index is 12.1. The van der Waals surface area contributed by atoms with Gasteiger partial charge in [-0.3, -0.25) is 9.10 Å². The van der Waals surface area contributed by atoms with Crippen LogP contribution in [0.3, 0.4) is 0 Å². The lowest BCUT2D eigenvalue weighted by Gasteiger charge is -2.22. The fourth-order valence-corrected chi connectivity index (χ4v) is 3.45. The Hall–Kier alpha value is -2.85. The Balaban J connectivity index is 1.89. The molecule has 0 radical (unpaired) electrons. The number of anilines is 2. The van der Waals surface area contributed by atoms with Gasteiger partial charge in [0.2, 0.25) is 15.9 Å². The predicted molar refractivity (Wildman–Crippen MR) is 102 cm³/mol. The summed E-state index contributed by atoms with van der Waals surface area (Å²) < 4.78 is 25.3. The molecule has 0 bridgehead atoms. The highest BCUT2D eigenvalue weighted by molar-refractivity contribution is 7.92. The van der Waals surface area contributed by atoms with Crippen LogP contribution < -0.4 is 9.62 Å². The predicted octanol–water partition coefficient (Wildman–Crippen LogP) is 2.94. The van der Waals surface area contributed by atoms with Gasteiger partial charge in [0.05, 0.1) is 24.4 Å². The summed E-state index contributed by atoms with van der Waals surface area (Å²) in [6, 6.07) is 18.0. The van der Waals surface area contributed by atoms with Gasteiger partial charge in [-0.05, 0) is 36.2 Å². The average Bonchev–Trinajstić information content (AvgIpc) is 2.60. The fraction of sp³-hybridized carbons (Fsp3) is 0.263. The quantitative estimate of drug-likeness (QED) is 0.772. The minimum atomic E-state index is -3.41. The van der Waals surface area contributed by atoms with Crippen molar-refractivity contribution in [1.29, 1.82) is 5.26 Å². The number of rotatable bonds is 8. The molecule has 136 valence electrons. The molecular weight excluding hydrogens is 350 g/mol. The van der Waals surface area contributed by atoms with E-state index in [-0.39, 0.29) is 18.9 Å². The number of hydrogen-bond donors (Lipinski definition) is 1. The Kier molecular flexibility index (Phi) is 6.75. The molecule has 0 aliphatic carbocycles. The fourth-order valence-electron chi connectivity index (χ4n) is 2.48. The van der Waals surface area contributed by atoms with Crippen molar-refractivity contribution in [3.8, 4) is 6.07 Å². The molecule has 6 nitrogen and oxygen atoms in total. The molecule has 7 heteroatoms. The van der Waals surface area contributed by atoms with Crippen molar-refractivity contribution in [2.24, 2.45) is 0 Å². The molecule has 0 fully saturated rings. The van der Waals surface area contributed by atoms with Gasteiger partial charge >= 0.3 is 0 Å². The van der Waals surface area contributed by atoms with Crippen molar-refractivity contribution >= 4 is 27.3 Å². The monoisotopic (exact) mass is 371 g/mol. The molecule has 0 unspecified atom stereocenters. The van der Waals surface area contributed by atoms with Crippen molar-refractivity contribution < 1.29 is 13.2 Å². The summed E-state index contributed by atoms with van der Waals surface area (Å²) in [6.45, 7) is 0.234. The van der Waals surface area contributed by atoms with Gasteiger partial charge in [-0.25, -0.2) is 8.42 Å². The van der Waals surface area contributed by atoms with Crippen LogP contribution in [-0.2, 0) is 21.2 Å². The van der Waals surface area contributed by atoms with E-state index in [1.807, 2.05) is 6.07 Å². The first-order chi connectivity index (χ1) is 12.4. The minimum absolute atomic E-state index is 0.181. The van der Waals surface area contributed by atoms with Crippen LogP contribution in [0.4, 0.5) is 11.4 Å². The summed E-state index contributed by atoms with van der Waals surface area (Å²) >= 11 is 0. The molecular formula is C19H21N3O3S. The first kappa shape index (κ1) is 19.5. The third-order valence-corrected chi connectivity index (χ3v) is 4.92. The van der Waals surface area contributed by atoms with Gasteiger partial charge < -0.3 is 5.32 Å². The number of nitriles is 1. The van der Waals surface area contributed by atoms with Gasteiger partial charge in [0.25, 0.3) is 0 Å². The van der Waals surface area contributed by atoms with E-state index in [2.05, 4.69) is 11.4 Å². The van der Waals surface area contributed by atoms with Crippen LogP contribution >= 0.6 is 0 Å². The maximum Gasteiger partial charge on any atom is 0.232 e. The Morgan fingerprint density at radius 2 is 1.77 bits per heavy atom. The van der Waals surface area contributed by atoms with Gasteiger partial charge in [-0.1, -0.05) is 30.3 Å². The van der Waals surface area contributed by atoms with Gasteiger partial charge in [-0.15, -0.1) is 0 Å². The first-order valence-electron chi connectivity index (χ1n) is 8.18. The van der Waals surface area contributed by atoms with Crippen LogP contribution in [0.15, 0.2) is 54.6 Å². The third-order valence-electron chi connectivity index (χ3n) is 3.73. The number of carbonyl (C=O) groups excluding carboxylic acids is 1. The zero-order valence-corrected chi connectivity index (χ0v) is 15.4. The molecule has 0 saturated carbocycles. The van der Waals surface area contributed by atoms with E-state index in [9.17, 15) is 13.2 Å². The van der Waals surface area contributed by atoms with E-state index in [1.54, 1.807) is 48.5 Å². The number of para-hydroxylation sites is 1. The highest BCUT2D eigenvalue weighted by Gasteiger charge is 2.17. The zero-order chi connectivity index (χ0) is 19.0. The first-order valence-corrected chi connectivity index (χ1v) is 10.0. The van der Waals surface area contributed by atoms with Gasteiger partial charge in [-0.2, -0.15) is 5.26 Å². The van der Waals surface area contributed by atoms with Gasteiger partial charge in [0.15, 0.2) is 0 Å². The number of benzene rings is 2. The Labute approximate surface area is 154 Å². The molecule has 1 N–H and O–H groups in total. The summed E-state index contributed by atoms with van der Waals surface area (Å²) in [7, 11) is -3.41. The van der Waals surface area contributed by atoms with Crippen LogP contribution in [0.25, 0.3) is 0 Å². The van der Waals surface area contributed by atoms with E-state index in [0.717, 1.165) is 11.8 Å². The lowest BCUT2D eigenvalue weighted by atomic mass is 10.1. The lowest BCUT2D eigenvalue weighted by Crippen LogP contribution is -2.31. The molecule has 0 heterocycles. The molecule has 0 aliphatic rings. The topological polar surface area (TPSA) is 90.3 Å². The van der Waals surface area contributed by atoms with Crippen LogP contribution in [-0.4, -0.2) is 27.1 Å². The van der Waals surface area contributed by atoms with Crippen molar-refractivity contribution in [3.05, 3.63) is 60.2 Å². The van der Waals surface area contributed by atoms with Gasteiger partial charge in [0, 0.05) is 18.7 Å². The number of hydrogen-bond acceptors (Lipinski definition) is 4. The largest absolute Gasteiger partial charge is 0.326 e. The second-order valence-corrected chi connectivity index (χ2v) is 7.76. The van der Waals surface area contributed by atoms with Crippen molar-refractivity contribution in [3.63, 3.8) is 0 Å². The zero-order valence-electron chi connectivity index (χ0n) is 14.6. The maximum absolute atomic E-state index is 12.1. The summed E-state index contributed by atoms with van der Waals surface area (Å²) in [4.78, 5) is 12.1. The highest BCUT2D eigenvalue weighted by atomic mass is 32.2. The number of sulfonamides is 1. The number of amides is 1. The minimum Gasteiger partial charge on any atom is -0.326 e. The molecule has 1 amide bonds. The Morgan fingerprint density at radius 1 is 1.12 bits per heavy atom. The molecule has 2 rings (SSSR count). The molecule has 0 atom stereocenters. The normalized spacial score (nSPS) is 10.8. The Morgan fingerprint density at radius 3 is 2.35 bits per heavy atom. The average molecular weight is 371 g/mol. The number of nitrogens with one attached hydrogen (secondary N) is 1.